The van der Waals surface area contributed by atoms with Gasteiger partial charge in [0.2, 0.25) is 0 Å². The van der Waals surface area contributed by atoms with E-state index in [1.165, 1.54) is 0 Å². The Balaban J connectivity index is 4.73. The molecule has 0 aromatic rings. The van der Waals surface area contributed by atoms with Gasteiger partial charge in [0, 0.05) is 6.54 Å². The van der Waals surface area contributed by atoms with Gasteiger partial charge in [-0.3, -0.25) is 4.57 Å². The zero-order valence-electron chi connectivity index (χ0n) is 10.1. The van der Waals surface area contributed by atoms with Crippen LogP contribution in [0.25, 0.3) is 0 Å². The number of halogens is 2. The van der Waals surface area contributed by atoms with Crippen LogP contribution in [0.1, 0.15) is 34.1 Å². The number of allylic oxidation sites excluding steroid dienone is 1. The summed E-state index contributed by atoms with van der Waals surface area (Å²) in [4.78, 5) is 0. The molecule has 0 rings (SSSR count). The summed E-state index contributed by atoms with van der Waals surface area (Å²) in [6, 6.07) is 0. The minimum atomic E-state index is -2.48. The highest BCUT2D eigenvalue weighted by atomic mass is 35.7. The molecule has 0 spiro atoms. The second kappa shape index (κ2) is 7.55. The molecule has 0 atom stereocenters. The van der Waals surface area contributed by atoms with Crippen molar-refractivity contribution in [2.75, 3.05) is 19.6 Å². The maximum atomic E-state index is 6.53. The Labute approximate surface area is 104 Å². The molecule has 2 nitrogen and oxygen atoms in total. The van der Waals surface area contributed by atoms with Gasteiger partial charge >= 0.3 is 7.02 Å². The fourth-order valence-electron chi connectivity index (χ4n) is 1.51. The average molecular weight is 269 g/mol. The van der Waals surface area contributed by atoms with Gasteiger partial charge in [0.05, 0.1) is 0 Å². The third-order valence-corrected chi connectivity index (χ3v) is 7.48. The van der Waals surface area contributed by atoms with E-state index < -0.39 is 7.02 Å². The minimum absolute atomic E-state index is 0.896. The molecule has 0 aliphatic carbocycles. The number of rotatable bonds is 7. The van der Waals surface area contributed by atoms with Crippen LogP contribution in [-0.2, 0) is 0 Å². The molecule has 90 valence electrons. The molecule has 0 aliphatic heterocycles. The maximum absolute atomic E-state index is 6.53. The lowest BCUT2D eigenvalue weighted by atomic mass is 10.5. The van der Waals surface area contributed by atoms with E-state index >= 15 is 0 Å². The van der Waals surface area contributed by atoms with Crippen molar-refractivity contribution in [3.8, 4) is 0 Å². The summed E-state index contributed by atoms with van der Waals surface area (Å²) < 4.78 is 4.26. The summed E-state index contributed by atoms with van der Waals surface area (Å²) in [6.45, 7) is 11.0. The van der Waals surface area contributed by atoms with Gasteiger partial charge in [0.1, 0.15) is 0 Å². The van der Waals surface area contributed by atoms with E-state index in [1.807, 2.05) is 19.2 Å². The molecule has 0 radical (unpaired) electrons. The highest BCUT2D eigenvalue weighted by molar-refractivity contribution is 7.42. The molecular weight excluding hydrogens is 247 g/mol. The van der Waals surface area contributed by atoms with Crippen molar-refractivity contribution in [3.05, 3.63) is 12.3 Å². The van der Waals surface area contributed by atoms with Crippen molar-refractivity contribution in [1.29, 1.82) is 0 Å². The molecule has 5 heteroatoms. The fourth-order valence-corrected chi connectivity index (χ4v) is 5.73. The second-order valence-electron chi connectivity index (χ2n) is 3.36. The van der Waals surface area contributed by atoms with Gasteiger partial charge in [-0.05, 0) is 32.6 Å². The normalized spacial score (nSPS) is 12.7. The first-order valence-corrected chi connectivity index (χ1v) is 9.48. The molecule has 0 fully saturated rings. The van der Waals surface area contributed by atoms with Gasteiger partial charge in [-0.15, -0.1) is 22.2 Å². The van der Waals surface area contributed by atoms with Crippen molar-refractivity contribution in [2.45, 2.75) is 34.1 Å². The van der Waals surface area contributed by atoms with Crippen molar-refractivity contribution in [3.63, 3.8) is 0 Å². The molecule has 0 bridgehead atoms. The predicted molar refractivity (Wildman–Crippen MR) is 72.2 cm³/mol. The third-order valence-electron chi connectivity index (χ3n) is 2.28. The standard InChI is InChI=1S/C10H22Cl2N2Si/c1-5-9-14(10-6-2)15(11,12)13(7-3)8-4/h5,9H,6-8,10H2,1-4H3. The van der Waals surface area contributed by atoms with Gasteiger partial charge in [0.15, 0.2) is 0 Å². The average Bonchev–Trinajstić information content (AvgIpc) is 2.19. The Morgan fingerprint density at radius 1 is 1.13 bits per heavy atom. The maximum Gasteiger partial charge on any atom is 0.438 e. The SMILES string of the molecule is CC=CN(CCC)[Si](Cl)(Cl)N(CC)CC. The Kier molecular flexibility index (Phi) is 7.70. The van der Waals surface area contributed by atoms with E-state index in [-0.39, 0.29) is 0 Å². The second-order valence-corrected chi connectivity index (χ2v) is 9.33. The van der Waals surface area contributed by atoms with E-state index in [1.54, 1.807) is 0 Å². The van der Waals surface area contributed by atoms with Crippen LogP contribution in [0.5, 0.6) is 0 Å². The summed E-state index contributed by atoms with van der Waals surface area (Å²) in [6.07, 6.45) is 5.06. The van der Waals surface area contributed by atoms with Gasteiger partial charge in [0.25, 0.3) is 0 Å². The number of nitrogens with zero attached hydrogens (tertiary/aromatic N) is 2. The fraction of sp³-hybridized carbons (Fsp3) is 0.800. The topological polar surface area (TPSA) is 6.48 Å². The lowest BCUT2D eigenvalue weighted by Crippen LogP contribution is -2.56. The van der Waals surface area contributed by atoms with Crippen molar-refractivity contribution >= 4 is 29.2 Å². The first kappa shape index (κ1) is 15.3. The molecule has 0 aromatic heterocycles. The Bertz CT molecular complexity index is 194. The predicted octanol–water partition coefficient (Wildman–Crippen LogP) is 3.49. The van der Waals surface area contributed by atoms with Gasteiger partial charge in [-0.25, -0.2) is 0 Å². The summed E-state index contributed by atoms with van der Waals surface area (Å²) in [5, 5.41) is 0. The molecule has 0 aromatic carbocycles. The first-order valence-electron chi connectivity index (χ1n) is 5.56. The van der Waals surface area contributed by atoms with E-state index in [2.05, 4.69) is 29.9 Å². The molecule has 15 heavy (non-hydrogen) atoms. The highest BCUT2D eigenvalue weighted by Crippen LogP contribution is 2.25. The molecule has 0 N–H and O–H groups in total. The van der Waals surface area contributed by atoms with Crippen LogP contribution in [-0.4, -0.2) is 35.8 Å². The van der Waals surface area contributed by atoms with Crippen molar-refractivity contribution < 1.29 is 0 Å². The molecular formula is C10H22Cl2N2Si. The smallest absolute Gasteiger partial charge is 0.368 e. The zero-order chi connectivity index (χ0) is 11.9. The van der Waals surface area contributed by atoms with E-state index in [0.717, 1.165) is 26.1 Å². The largest absolute Gasteiger partial charge is 0.438 e. The Morgan fingerprint density at radius 3 is 2.00 bits per heavy atom. The first-order chi connectivity index (χ1) is 7.04. The van der Waals surface area contributed by atoms with E-state index in [0.29, 0.717) is 0 Å². The zero-order valence-corrected chi connectivity index (χ0v) is 12.6. The van der Waals surface area contributed by atoms with Crippen LogP contribution in [0.4, 0.5) is 0 Å². The Morgan fingerprint density at radius 2 is 1.67 bits per heavy atom. The summed E-state index contributed by atoms with van der Waals surface area (Å²) >= 11 is 13.1. The van der Waals surface area contributed by atoms with Gasteiger partial charge < -0.3 is 4.57 Å². The lowest BCUT2D eigenvalue weighted by Gasteiger charge is -2.38. The van der Waals surface area contributed by atoms with E-state index in [9.17, 15) is 0 Å². The van der Waals surface area contributed by atoms with Crippen molar-refractivity contribution in [2.24, 2.45) is 0 Å². The van der Waals surface area contributed by atoms with Crippen molar-refractivity contribution in [1.82, 2.24) is 9.13 Å². The molecule has 0 saturated heterocycles. The number of hydrogen-bond donors (Lipinski definition) is 0. The Hall–Kier alpha value is 0.297. The minimum Gasteiger partial charge on any atom is -0.368 e. The molecule has 0 unspecified atom stereocenters. The summed E-state index contributed by atoms with van der Waals surface area (Å²) in [5.74, 6) is 0. The van der Waals surface area contributed by atoms with Crippen LogP contribution in [0, 0.1) is 0 Å². The van der Waals surface area contributed by atoms with Crippen LogP contribution in [0.2, 0.25) is 0 Å². The van der Waals surface area contributed by atoms with Gasteiger partial charge in [-0.2, -0.15) is 0 Å². The molecule has 0 heterocycles. The molecule has 0 amide bonds. The van der Waals surface area contributed by atoms with Crippen LogP contribution >= 0.6 is 22.2 Å². The van der Waals surface area contributed by atoms with Crippen LogP contribution < -0.4 is 0 Å². The van der Waals surface area contributed by atoms with E-state index in [4.69, 9.17) is 22.2 Å². The molecule has 0 saturated carbocycles. The summed E-state index contributed by atoms with van der Waals surface area (Å²) in [5.41, 5.74) is 0. The van der Waals surface area contributed by atoms with Crippen LogP contribution in [0.15, 0.2) is 12.3 Å². The van der Waals surface area contributed by atoms with Gasteiger partial charge in [-0.1, -0.05) is 26.8 Å². The third kappa shape index (κ3) is 4.35. The number of hydrogen-bond acceptors (Lipinski definition) is 2. The lowest BCUT2D eigenvalue weighted by molar-refractivity contribution is 0.420. The highest BCUT2D eigenvalue weighted by Gasteiger charge is 2.40. The summed E-state index contributed by atoms with van der Waals surface area (Å²) in [7, 11) is -2.48. The monoisotopic (exact) mass is 268 g/mol. The quantitative estimate of drug-likeness (QED) is 0.515. The molecule has 0 aliphatic rings. The van der Waals surface area contributed by atoms with Crippen LogP contribution in [0.3, 0.4) is 0 Å².